The third kappa shape index (κ3) is 4.36. The number of benzene rings is 1. The summed E-state index contributed by atoms with van der Waals surface area (Å²) in [7, 11) is 0. The second-order valence-electron chi connectivity index (χ2n) is 6.12. The van der Waals surface area contributed by atoms with Crippen LogP contribution in [0.4, 0.5) is 19.5 Å². The highest BCUT2D eigenvalue weighted by Crippen LogP contribution is 2.22. The van der Waals surface area contributed by atoms with Crippen LogP contribution in [-0.2, 0) is 6.61 Å². The lowest BCUT2D eigenvalue weighted by atomic mass is 10.2. The molecule has 1 aliphatic rings. The number of carbonyl (C=O) groups is 1. The number of hydrogen-bond acceptors (Lipinski definition) is 5. The topological polar surface area (TPSA) is 78.8 Å². The van der Waals surface area contributed by atoms with E-state index in [1.54, 1.807) is 11.8 Å². The van der Waals surface area contributed by atoms with Crippen molar-refractivity contribution >= 4 is 23.6 Å². The average Bonchev–Trinajstić information content (AvgIpc) is 2.62. The zero-order valence-corrected chi connectivity index (χ0v) is 15.2. The molecule has 1 aliphatic heterocycles. The molecular weight excluding hydrogens is 382 g/mol. The highest BCUT2D eigenvalue weighted by molar-refractivity contribution is 6.30. The van der Waals surface area contributed by atoms with Gasteiger partial charge in [0.15, 0.2) is 0 Å². The van der Waals surface area contributed by atoms with Crippen LogP contribution < -0.4 is 9.64 Å². The van der Waals surface area contributed by atoms with Gasteiger partial charge in [0.25, 0.3) is 5.88 Å². The minimum absolute atomic E-state index is 0.211. The van der Waals surface area contributed by atoms with Crippen molar-refractivity contribution in [1.29, 1.82) is 0 Å². The third-order valence-corrected chi connectivity index (χ3v) is 4.47. The number of nitrogens with zero attached hydrogens (tertiary/aromatic N) is 4. The molecule has 1 N–H and O–H groups in total. The maximum atomic E-state index is 14.0. The van der Waals surface area contributed by atoms with E-state index in [4.69, 9.17) is 21.4 Å². The molecule has 144 valence electrons. The minimum Gasteiger partial charge on any atom is -0.470 e. The first kappa shape index (κ1) is 19.1. The van der Waals surface area contributed by atoms with Gasteiger partial charge >= 0.3 is 6.09 Å². The van der Waals surface area contributed by atoms with E-state index < -0.39 is 17.7 Å². The van der Waals surface area contributed by atoms with Crippen LogP contribution in [0.2, 0.25) is 5.02 Å². The quantitative estimate of drug-likeness (QED) is 0.852. The molecule has 1 aromatic carbocycles. The van der Waals surface area contributed by atoms with Crippen LogP contribution in [0.1, 0.15) is 12.5 Å². The van der Waals surface area contributed by atoms with E-state index in [0.29, 0.717) is 13.1 Å². The number of aromatic nitrogens is 2. The molecule has 1 aromatic heterocycles. The van der Waals surface area contributed by atoms with Crippen molar-refractivity contribution in [1.82, 2.24) is 14.9 Å². The van der Waals surface area contributed by atoms with Gasteiger partial charge in [0.1, 0.15) is 12.4 Å². The molecular formula is C17H17ClF2N4O3. The molecule has 1 amide bonds. The Morgan fingerprint density at radius 1 is 1.37 bits per heavy atom. The van der Waals surface area contributed by atoms with Crippen molar-refractivity contribution in [3.63, 3.8) is 0 Å². The fraction of sp³-hybridized carbons (Fsp3) is 0.353. The van der Waals surface area contributed by atoms with E-state index >= 15 is 0 Å². The number of hydrogen-bond donors (Lipinski definition) is 1. The van der Waals surface area contributed by atoms with Gasteiger partial charge in [-0.25, -0.2) is 14.2 Å². The van der Waals surface area contributed by atoms with Crippen LogP contribution in [0.5, 0.6) is 5.88 Å². The van der Waals surface area contributed by atoms with E-state index in [1.807, 2.05) is 0 Å². The standard InChI is InChI=1S/C17H17ClF2N4O3/c1-10-8-23(4-5-24(10)17(25)26)16-21-7-14(20)15(22-16)27-9-11-2-3-12(18)6-13(11)19/h2-3,6-7,10H,4-5,8-9H2,1H3,(H,25,26)/t10-/m0/s1. The van der Waals surface area contributed by atoms with Crippen molar-refractivity contribution in [2.75, 3.05) is 24.5 Å². The summed E-state index contributed by atoms with van der Waals surface area (Å²) in [4.78, 5) is 22.2. The highest BCUT2D eigenvalue weighted by Gasteiger charge is 2.28. The fourth-order valence-corrected chi connectivity index (χ4v) is 2.96. The first-order chi connectivity index (χ1) is 12.8. The van der Waals surface area contributed by atoms with Crippen molar-refractivity contribution in [3.05, 3.63) is 46.6 Å². The van der Waals surface area contributed by atoms with Crippen LogP contribution in [0.3, 0.4) is 0 Å². The van der Waals surface area contributed by atoms with Gasteiger partial charge in [-0.05, 0) is 19.1 Å². The smallest absolute Gasteiger partial charge is 0.407 e. The molecule has 0 saturated carbocycles. The van der Waals surface area contributed by atoms with Gasteiger partial charge < -0.3 is 19.6 Å². The normalized spacial score (nSPS) is 17.1. The minimum atomic E-state index is -0.990. The number of ether oxygens (including phenoxy) is 1. The Morgan fingerprint density at radius 2 is 2.15 bits per heavy atom. The summed E-state index contributed by atoms with van der Waals surface area (Å²) in [5, 5.41) is 9.38. The Labute approximate surface area is 159 Å². The largest absolute Gasteiger partial charge is 0.470 e. The van der Waals surface area contributed by atoms with Crippen LogP contribution >= 0.6 is 11.6 Å². The van der Waals surface area contributed by atoms with Gasteiger partial charge in [-0.3, -0.25) is 0 Å². The van der Waals surface area contributed by atoms with Gasteiger partial charge in [-0.15, -0.1) is 0 Å². The molecule has 0 aliphatic carbocycles. The SMILES string of the molecule is C[C@H]1CN(c2ncc(F)c(OCc3ccc(Cl)cc3F)n2)CCN1C(=O)O. The first-order valence-corrected chi connectivity index (χ1v) is 8.56. The molecule has 2 heterocycles. The molecule has 7 nitrogen and oxygen atoms in total. The molecule has 10 heteroatoms. The number of halogens is 3. The van der Waals surface area contributed by atoms with Crippen LogP contribution in [0.25, 0.3) is 0 Å². The molecule has 0 bridgehead atoms. The molecule has 27 heavy (non-hydrogen) atoms. The summed E-state index contributed by atoms with van der Waals surface area (Å²) in [5.74, 6) is -1.41. The van der Waals surface area contributed by atoms with Crippen molar-refractivity contribution < 1.29 is 23.4 Å². The Hall–Kier alpha value is -2.68. The second-order valence-corrected chi connectivity index (χ2v) is 6.55. The summed E-state index contributed by atoms with van der Waals surface area (Å²) in [5.41, 5.74) is 0.211. The van der Waals surface area contributed by atoms with Gasteiger partial charge in [0.2, 0.25) is 11.8 Å². The summed E-state index contributed by atoms with van der Waals surface area (Å²) in [6.07, 6.45) is -0.0133. The molecule has 1 atom stereocenters. The molecule has 2 aromatic rings. The maximum Gasteiger partial charge on any atom is 0.407 e. The van der Waals surface area contributed by atoms with Crippen molar-refractivity contribution in [2.24, 2.45) is 0 Å². The van der Waals surface area contributed by atoms with E-state index in [1.165, 1.54) is 17.0 Å². The molecule has 1 fully saturated rings. The van der Waals surface area contributed by atoms with E-state index in [2.05, 4.69) is 9.97 Å². The molecule has 0 radical (unpaired) electrons. The van der Waals surface area contributed by atoms with E-state index in [-0.39, 0.29) is 41.6 Å². The van der Waals surface area contributed by atoms with Crippen molar-refractivity contribution in [3.8, 4) is 5.88 Å². The van der Waals surface area contributed by atoms with E-state index in [0.717, 1.165) is 12.3 Å². The first-order valence-electron chi connectivity index (χ1n) is 8.19. The maximum absolute atomic E-state index is 14.0. The Balaban J connectivity index is 1.72. The van der Waals surface area contributed by atoms with Crippen LogP contribution in [0, 0.1) is 11.6 Å². The summed E-state index contributed by atoms with van der Waals surface area (Å²) >= 11 is 5.70. The number of carboxylic acid groups (broad SMARTS) is 1. The summed E-state index contributed by atoms with van der Waals surface area (Å²) < 4.78 is 33.1. The second kappa shape index (κ2) is 7.91. The summed E-state index contributed by atoms with van der Waals surface area (Å²) in [6.45, 7) is 2.56. The predicted molar refractivity (Wildman–Crippen MR) is 94.1 cm³/mol. The Morgan fingerprint density at radius 3 is 2.81 bits per heavy atom. The van der Waals surface area contributed by atoms with Crippen LogP contribution in [0.15, 0.2) is 24.4 Å². The Bertz CT molecular complexity index is 855. The average molecular weight is 399 g/mol. The van der Waals surface area contributed by atoms with Crippen LogP contribution in [-0.4, -0.2) is 51.7 Å². The van der Waals surface area contributed by atoms with E-state index in [9.17, 15) is 13.6 Å². The predicted octanol–water partition coefficient (Wildman–Crippen LogP) is 3.18. The lowest BCUT2D eigenvalue weighted by Crippen LogP contribution is -2.54. The van der Waals surface area contributed by atoms with Crippen molar-refractivity contribution in [2.45, 2.75) is 19.6 Å². The number of rotatable bonds is 4. The summed E-state index contributed by atoms with van der Waals surface area (Å²) in [6, 6.07) is 3.84. The number of piperazine rings is 1. The number of amides is 1. The fourth-order valence-electron chi connectivity index (χ4n) is 2.80. The molecule has 1 saturated heterocycles. The lowest BCUT2D eigenvalue weighted by Gasteiger charge is -2.38. The monoisotopic (exact) mass is 398 g/mol. The highest BCUT2D eigenvalue weighted by atomic mass is 35.5. The van der Waals surface area contributed by atoms with Gasteiger partial charge in [0, 0.05) is 36.3 Å². The molecule has 0 spiro atoms. The number of anilines is 1. The Kier molecular flexibility index (Phi) is 5.59. The molecule has 3 rings (SSSR count). The molecule has 0 unspecified atom stereocenters. The van der Waals surface area contributed by atoms with Gasteiger partial charge in [-0.2, -0.15) is 9.37 Å². The zero-order valence-electron chi connectivity index (χ0n) is 14.4. The zero-order chi connectivity index (χ0) is 19.6. The third-order valence-electron chi connectivity index (χ3n) is 4.23. The lowest BCUT2D eigenvalue weighted by molar-refractivity contribution is 0.122. The van der Waals surface area contributed by atoms with Gasteiger partial charge in [0.05, 0.1) is 6.20 Å². The van der Waals surface area contributed by atoms with Gasteiger partial charge in [-0.1, -0.05) is 17.7 Å².